The van der Waals surface area contributed by atoms with Gasteiger partial charge in [0, 0.05) is 11.5 Å². The third kappa shape index (κ3) is 3.20. The maximum absolute atomic E-state index is 12.3. The molecule has 0 saturated carbocycles. The molecule has 7 nitrogen and oxygen atoms in total. The Bertz CT molecular complexity index is 1010. The fourth-order valence-corrected chi connectivity index (χ4v) is 2.34. The maximum atomic E-state index is 12.3. The molecule has 125 valence electrons. The van der Waals surface area contributed by atoms with E-state index in [9.17, 15) is 24.6 Å². The van der Waals surface area contributed by atoms with Gasteiger partial charge in [-0.25, -0.2) is 4.79 Å². The van der Waals surface area contributed by atoms with Gasteiger partial charge in [-0.05, 0) is 17.7 Å². The average Bonchev–Trinajstić information content (AvgIpc) is 2.61. The SMILES string of the molecule is O=[C]C(NC(=O)c1cc2cc(O)c(O)cc2oc1=O)c1ccccc1. The van der Waals surface area contributed by atoms with Gasteiger partial charge in [0.25, 0.3) is 5.91 Å². The molecule has 25 heavy (non-hydrogen) atoms. The summed E-state index contributed by atoms with van der Waals surface area (Å²) in [5.41, 5.74) is -0.751. The van der Waals surface area contributed by atoms with Crippen LogP contribution in [-0.2, 0) is 4.79 Å². The van der Waals surface area contributed by atoms with Crippen LogP contribution in [0.25, 0.3) is 11.0 Å². The van der Waals surface area contributed by atoms with Crippen molar-refractivity contribution in [2.45, 2.75) is 6.04 Å². The molecule has 3 rings (SSSR count). The van der Waals surface area contributed by atoms with E-state index >= 15 is 0 Å². The van der Waals surface area contributed by atoms with Crippen LogP contribution in [-0.4, -0.2) is 22.4 Å². The summed E-state index contributed by atoms with van der Waals surface area (Å²) < 4.78 is 4.98. The van der Waals surface area contributed by atoms with Gasteiger partial charge in [0.15, 0.2) is 11.5 Å². The average molecular weight is 338 g/mol. The lowest BCUT2D eigenvalue weighted by Gasteiger charge is -2.12. The first-order valence-electron chi connectivity index (χ1n) is 7.23. The predicted octanol–water partition coefficient (Wildman–Crippen LogP) is 1.78. The molecular formula is C18H12NO6. The minimum absolute atomic E-state index is 0.0124. The standard InChI is InChI=1S/C18H12NO6/c20-9-13(10-4-2-1-3-5-10)19-17(23)12-6-11-7-14(21)15(22)8-16(11)25-18(12)24/h1-8,13,21-22H,(H,19,23). The van der Waals surface area contributed by atoms with Crippen LogP contribution in [0.3, 0.4) is 0 Å². The predicted molar refractivity (Wildman–Crippen MR) is 88.2 cm³/mol. The molecule has 0 aliphatic carbocycles. The Balaban J connectivity index is 1.96. The van der Waals surface area contributed by atoms with Crippen molar-refractivity contribution in [3.63, 3.8) is 0 Å². The van der Waals surface area contributed by atoms with E-state index < -0.39 is 29.1 Å². The van der Waals surface area contributed by atoms with Crippen LogP contribution in [0.4, 0.5) is 0 Å². The molecule has 0 saturated heterocycles. The van der Waals surface area contributed by atoms with Crippen molar-refractivity contribution >= 4 is 23.2 Å². The van der Waals surface area contributed by atoms with E-state index in [1.807, 2.05) is 0 Å². The number of fused-ring (bicyclic) bond motifs is 1. The molecule has 1 aromatic heterocycles. The number of benzene rings is 2. The number of carbonyl (C=O) groups excluding carboxylic acids is 2. The summed E-state index contributed by atoms with van der Waals surface area (Å²) >= 11 is 0. The zero-order valence-corrected chi connectivity index (χ0v) is 12.7. The van der Waals surface area contributed by atoms with E-state index in [0.29, 0.717) is 5.56 Å². The number of hydrogen-bond donors (Lipinski definition) is 3. The van der Waals surface area contributed by atoms with E-state index in [0.717, 1.165) is 12.1 Å². The molecule has 0 bridgehead atoms. The zero-order valence-electron chi connectivity index (χ0n) is 12.7. The van der Waals surface area contributed by atoms with E-state index in [1.165, 1.54) is 6.07 Å². The Morgan fingerprint density at radius 1 is 1.08 bits per heavy atom. The fourth-order valence-electron chi connectivity index (χ4n) is 2.34. The van der Waals surface area contributed by atoms with Gasteiger partial charge >= 0.3 is 5.63 Å². The smallest absolute Gasteiger partial charge is 0.349 e. The molecule has 1 atom stereocenters. The molecular weight excluding hydrogens is 326 g/mol. The Labute approximate surface area is 141 Å². The molecule has 3 N–H and O–H groups in total. The fraction of sp³-hybridized carbons (Fsp3) is 0.0556. The number of phenols is 2. The summed E-state index contributed by atoms with van der Waals surface area (Å²) in [6.45, 7) is 0. The summed E-state index contributed by atoms with van der Waals surface area (Å²) in [6.07, 6.45) is 1.70. The number of nitrogens with one attached hydrogen (secondary N) is 1. The molecule has 1 unspecified atom stereocenters. The van der Waals surface area contributed by atoms with Gasteiger partial charge in [-0.2, -0.15) is 0 Å². The van der Waals surface area contributed by atoms with Gasteiger partial charge in [-0.1, -0.05) is 30.3 Å². The molecule has 1 heterocycles. The Morgan fingerprint density at radius 3 is 2.44 bits per heavy atom. The van der Waals surface area contributed by atoms with Crippen molar-refractivity contribution in [3.05, 3.63) is 70.1 Å². The van der Waals surface area contributed by atoms with E-state index in [4.69, 9.17) is 4.42 Å². The number of amides is 1. The van der Waals surface area contributed by atoms with Gasteiger partial charge in [0.2, 0.25) is 6.29 Å². The lowest BCUT2D eigenvalue weighted by molar-refractivity contribution is 0.0942. The molecule has 3 aromatic rings. The van der Waals surface area contributed by atoms with Crippen LogP contribution in [0.2, 0.25) is 0 Å². The minimum atomic E-state index is -1.04. The zero-order chi connectivity index (χ0) is 18.0. The van der Waals surface area contributed by atoms with Gasteiger partial charge in [-0.3, -0.25) is 9.59 Å². The summed E-state index contributed by atoms with van der Waals surface area (Å²) in [4.78, 5) is 35.5. The third-order valence-corrected chi connectivity index (χ3v) is 3.60. The first-order chi connectivity index (χ1) is 12.0. The van der Waals surface area contributed by atoms with Crippen molar-refractivity contribution in [3.8, 4) is 11.5 Å². The van der Waals surface area contributed by atoms with Crippen LogP contribution in [0.15, 0.2) is 57.7 Å². The summed E-state index contributed by atoms with van der Waals surface area (Å²) in [5, 5.41) is 21.6. The van der Waals surface area contributed by atoms with E-state index in [1.54, 1.807) is 36.6 Å². The van der Waals surface area contributed by atoms with Crippen molar-refractivity contribution in [2.75, 3.05) is 0 Å². The quantitative estimate of drug-likeness (QED) is 0.493. The Hall–Kier alpha value is -3.61. The molecule has 0 spiro atoms. The largest absolute Gasteiger partial charge is 0.504 e. The van der Waals surface area contributed by atoms with E-state index in [2.05, 4.69) is 5.32 Å². The van der Waals surface area contributed by atoms with Crippen molar-refractivity contribution in [1.29, 1.82) is 0 Å². The summed E-state index contributed by atoms with van der Waals surface area (Å²) in [6, 6.07) is 10.8. The number of hydrogen-bond acceptors (Lipinski definition) is 6. The van der Waals surface area contributed by atoms with Crippen molar-refractivity contribution in [1.82, 2.24) is 5.32 Å². The van der Waals surface area contributed by atoms with Crippen LogP contribution in [0.1, 0.15) is 22.0 Å². The van der Waals surface area contributed by atoms with Crippen LogP contribution >= 0.6 is 0 Å². The first-order valence-corrected chi connectivity index (χ1v) is 7.23. The van der Waals surface area contributed by atoms with Crippen LogP contribution in [0, 0.1) is 0 Å². The van der Waals surface area contributed by atoms with Gasteiger partial charge in [-0.15, -0.1) is 0 Å². The molecule has 0 aliphatic heterocycles. The highest BCUT2D eigenvalue weighted by molar-refractivity contribution is 5.98. The third-order valence-electron chi connectivity index (χ3n) is 3.60. The van der Waals surface area contributed by atoms with Crippen LogP contribution < -0.4 is 10.9 Å². The van der Waals surface area contributed by atoms with Gasteiger partial charge < -0.3 is 19.9 Å². The second kappa shape index (κ2) is 6.48. The second-order valence-corrected chi connectivity index (χ2v) is 5.26. The molecule has 0 aliphatic rings. The molecule has 1 radical (unpaired) electrons. The highest BCUT2D eigenvalue weighted by Crippen LogP contribution is 2.29. The van der Waals surface area contributed by atoms with Crippen molar-refractivity contribution < 1.29 is 24.2 Å². The van der Waals surface area contributed by atoms with Crippen LogP contribution in [0.5, 0.6) is 11.5 Å². The van der Waals surface area contributed by atoms with Gasteiger partial charge in [0.05, 0.1) is 0 Å². The number of rotatable bonds is 4. The maximum Gasteiger partial charge on any atom is 0.349 e. The lowest BCUT2D eigenvalue weighted by atomic mass is 10.1. The van der Waals surface area contributed by atoms with Gasteiger partial charge in [0.1, 0.15) is 17.2 Å². The Morgan fingerprint density at radius 2 is 1.76 bits per heavy atom. The summed E-state index contributed by atoms with van der Waals surface area (Å²) in [5.74, 6) is -1.69. The lowest BCUT2D eigenvalue weighted by Crippen LogP contribution is -2.32. The highest BCUT2D eigenvalue weighted by atomic mass is 16.4. The Kier molecular flexibility index (Phi) is 4.21. The highest BCUT2D eigenvalue weighted by Gasteiger charge is 2.20. The normalized spacial score (nSPS) is 11.8. The number of carbonyl (C=O) groups is 1. The molecule has 1 amide bonds. The monoisotopic (exact) mass is 338 g/mol. The minimum Gasteiger partial charge on any atom is -0.504 e. The van der Waals surface area contributed by atoms with Crippen molar-refractivity contribution in [2.24, 2.45) is 0 Å². The topological polar surface area (TPSA) is 117 Å². The van der Waals surface area contributed by atoms with E-state index in [-0.39, 0.29) is 16.5 Å². The molecule has 7 heteroatoms. The number of phenolic OH excluding ortho intramolecular Hbond substituents is 2. The summed E-state index contributed by atoms with van der Waals surface area (Å²) in [7, 11) is 0. The first kappa shape index (κ1) is 16.3. The molecule has 0 fully saturated rings. The second-order valence-electron chi connectivity index (χ2n) is 5.26. The molecule has 2 aromatic carbocycles. The number of aromatic hydroxyl groups is 2.